The Bertz CT molecular complexity index is 1000. The first-order chi connectivity index (χ1) is 16.0. The summed E-state index contributed by atoms with van der Waals surface area (Å²) in [6.07, 6.45) is 3.59. The minimum absolute atomic E-state index is 0.0114. The number of nitrogens with zero attached hydrogens (tertiary/aromatic N) is 3. The van der Waals surface area contributed by atoms with Gasteiger partial charge in [-0.05, 0) is 43.5 Å². The molecule has 33 heavy (non-hydrogen) atoms. The van der Waals surface area contributed by atoms with E-state index in [0.29, 0.717) is 36.7 Å². The van der Waals surface area contributed by atoms with Crippen LogP contribution < -0.4 is 14.4 Å². The van der Waals surface area contributed by atoms with Crippen molar-refractivity contribution < 1.29 is 19.1 Å². The van der Waals surface area contributed by atoms with E-state index >= 15 is 0 Å². The summed E-state index contributed by atoms with van der Waals surface area (Å²) >= 11 is 0. The van der Waals surface area contributed by atoms with Crippen molar-refractivity contribution >= 4 is 17.5 Å². The summed E-state index contributed by atoms with van der Waals surface area (Å²) in [5.74, 6) is 1.20. The van der Waals surface area contributed by atoms with Gasteiger partial charge in [-0.25, -0.2) is 0 Å². The largest absolute Gasteiger partial charge is 0.496 e. The molecule has 0 bridgehead atoms. The van der Waals surface area contributed by atoms with E-state index in [1.165, 1.54) is 19.3 Å². The number of piperazine rings is 1. The Morgan fingerprint density at radius 1 is 0.879 bits per heavy atom. The van der Waals surface area contributed by atoms with Gasteiger partial charge in [-0.2, -0.15) is 0 Å². The van der Waals surface area contributed by atoms with Gasteiger partial charge in [-0.3, -0.25) is 9.59 Å². The fourth-order valence-electron chi connectivity index (χ4n) is 4.93. The molecular formula is C26H33N3O4. The molecule has 0 unspecified atom stereocenters. The van der Waals surface area contributed by atoms with Gasteiger partial charge in [0.2, 0.25) is 5.91 Å². The molecule has 176 valence electrons. The van der Waals surface area contributed by atoms with Crippen LogP contribution in [0, 0.1) is 0 Å². The predicted octanol–water partition coefficient (Wildman–Crippen LogP) is 3.74. The highest BCUT2D eigenvalue weighted by atomic mass is 16.5. The zero-order valence-electron chi connectivity index (χ0n) is 19.8. The molecule has 1 atom stereocenters. The van der Waals surface area contributed by atoms with Gasteiger partial charge in [-0.15, -0.1) is 0 Å². The van der Waals surface area contributed by atoms with E-state index in [9.17, 15) is 9.59 Å². The maximum absolute atomic E-state index is 13.7. The van der Waals surface area contributed by atoms with Gasteiger partial charge in [-0.1, -0.05) is 18.2 Å². The SMILES string of the molecule is COc1ccc(N2CCCCC2)cc1C(=O)N1CCN(C(C)=O)[C@@H](c2ccccc2OC)C1. The van der Waals surface area contributed by atoms with E-state index < -0.39 is 0 Å². The molecular weight excluding hydrogens is 418 g/mol. The third kappa shape index (κ3) is 4.77. The maximum Gasteiger partial charge on any atom is 0.257 e. The van der Waals surface area contributed by atoms with Crippen LogP contribution in [-0.4, -0.2) is 68.6 Å². The third-order valence-corrected chi connectivity index (χ3v) is 6.70. The molecule has 2 aliphatic rings. The summed E-state index contributed by atoms with van der Waals surface area (Å²) in [5.41, 5.74) is 2.53. The van der Waals surface area contributed by atoms with E-state index in [1.54, 1.807) is 21.1 Å². The molecule has 0 saturated carbocycles. The van der Waals surface area contributed by atoms with Gasteiger partial charge >= 0.3 is 0 Å². The second kappa shape index (κ2) is 10.1. The standard InChI is InChI=1S/C26H33N3O4/c1-19(30)29-16-15-28(18-23(29)21-9-5-6-10-24(21)32-2)26(31)22-17-20(11-12-25(22)33-3)27-13-7-4-8-14-27/h5-6,9-12,17,23H,4,7-8,13-16,18H2,1-3H3/t23-/m1/s1. The summed E-state index contributed by atoms with van der Waals surface area (Å²) in [6, 6.07) is 13.3. The number of anilines is 1. The lowest BCUT2D eigenvalue weighted by Gasteiger charge is -2.41. The molecule has 7 nitrogen and oxygen atoms in total. The van der Waals surface area contributed by atoms with Crippen LogP contribution in [0.1, 0.15) is 48.1 Å². The van der Waals surface area contributed by atoms with Crippen molar-refractivity contribution in [3.8, 4) is 11.5 Å². The van der Waals surface area contributed by atoms with E-state index in [0.717, 1.165) is 24.3 Å². The van der Waals surface area contributed by atoms with E-state index in [2.05, 4.69) is 4.90 Å². The highest BCUT2D eigenvalue weighted by Crippen LogP contribution is 2.34. The number of carbonyl (C=O) groups is 2. The lowest BCUT2D eigenvalue weighted by molar-refractivity contribution is -0.133. The number of rotatable bonds is 5. The highest BCUT2D eigenvalue weighted by Gasteiger charge is 2.34. The number of carbonyl (C=O) groups excluding carboxylic acids is 2. The second-order valence-corrected chi connectivity index (χ2v) is 8.65. The minimum atomic E-state index is -0.271. The van der Waals surface area contributed by atoms with Crippen LogP contribution in [0.5, 0.6) is 11.5 Å². The molecule has 2 fully saturated rings. The summed E-state index contributed by atoms with van der Waals surface area (Å²) in [6.45, 7) is 4.93. The van der Waals surface area contributed by atoms with E-state index in [-0.39, 0.29) is 17.9 Å². The van der Waals surface area contributed by atoms with Crippen molar-refractivity contribution in [3.05, 3.63) is 53.6 Å². The van der Waals surface area contributed by atoms with Crippen molar-refractivity contribution in [1.29, 1.82) is 0 Å². The van der Waals surface area contributed by atoms with Crippen molar-refractivity contribution in [2.24, 2.45) is 0 Å². The molecule has 2 aliphatic heterocycles. The van der Waals surface area contributed by atoms with Crippen LogP contribution in [-0.2, 0) is 4.79 Å². The molecule has 0 N–H and O–H groups in total. The molecule has 0 radical (unpaired) electrons. The molecule has 2 heterocycles. The molecule has 2 aromatic rings. The zero-order valence-corrected chi connectivity index (χ0v) is 19.8. The average molecular weight is 452 g/mol. The fraction of sp³-hybridized carbons (Fsp3) is 0.462. The monoisotopic (exact) mass is 451 g/mol. The second-order valence-electron chi connectivity index (χ2n) is 8.65. The molecule has 4 rings (SSSR count). The van der Waals surface area contributed by atoms with Crippen LogP contribution in [0.15, 0.2) is 42.5 Å². The Labute approximate surface area is 195 Å². The van der Waals surface area contributed by atoms with Gasteiger partial charge in [0, 0.05) is 50.9 Å². The predicted molar refractivity (Wildman–Crippen MR) is 128 cm³/mol. The number of piperidine rings is 1. The van der Waals surface area contributed by atoms with E-state index in [4.69, 9.17) is 9.47 Å². The lowest BCUT2D eigenvalue weighted by atomic mass is 10.00. The smallest absolute Gasteiger partial charge is 0.257 e. The van der Waals surface area contributed by atoms with Crippen molar-refractivity contribution in [3.63, 3.8) is 0 Å². The quantitative estimate of drug-likeness (QED) is 0.693. The number of hydrogen-bond acceptors (Lipinski definition) is 5. The first kappa shape index (κ1) is 23.0. The summed E-state index contributed by atoms with van der Waals surface area (Å²) < 4.78 is 11.1. The number of amides is 2. The Balaban J connectivity index is 1.63. The first-order valence-corrected chi connectivity index (χ1v) is 11.7. The number of hydrogen-bond donors (Lipinski definition) is 0. The van der Waals surface area contributed by atoms with Crippen LogP contribution in [0.3, 0.4) is 0 Å². The summed E-state index contributed by atoms with van der Waals surface area (Å²) in [4.78, 5) is 32.1. The molecule has 7 heteroatoms. The van der Waals surface area contributed by atoms with Crippen LogP contribution in [0.4, 0.5) is 5.69 Å². The highest BCUT2D eigenvalue weighted by molar-refractivity contribution is 5.98. The van der Waals surface area contributed by atoms with Crippen molar-refractivity contribution in [2.75, 3.05) is 51.8 Å². The summed E-state index contributed by atoms with van der Waals surface area (Å²) in [7, 11) is 3.22. The van der Waals surface area contributed by atoms with Gasteiger partial charge in [0.25, 0.3) is 5.91 Å². The molecule has 0 aliphatic carbocycles. The zero-order chi connectivity index (χ0) is 23.4. The molecule has 2 aromatic carbocycles. The number of ether oxygens (including phenoxy) is 2. The Kier molecular flexibility index (Phi) is 7.06. The number of benzene rings is 2. The number of para-hydroxylation sites is 1. The van der Waals surface area contributed by atoms with Gasteiger partial charge < -0.3 is 24.2 Å². The number of methoxy groups -OCH3 is 2. The van der Waals surface area contributed by atoms with Gasteiger partial charge in [0.1, 0.15) is 11.5 Å². The summed E-state index contributed by atoms with van der Waals surface area (Å²) in [5, 5.41) is 0. The Morgan fingerprint density at radius 3 is 2.30 bits per heavy atom. The topological polar surface area (TPSA) is 62.3 Å². The average Bonchev–Trinajstić information content (AvgIpc) is 2.87. The molecule has 2 saturated heterocycles. The Hall–Kier alpha value is -3.22. The lowest BCUT2D eigenvalue weighted by Crippen LogP contribution is -2.52. The minimum Gasteiger partial charge on any atom is -0.496 e. The van der Waals surface area contributed by atoms with E-state index in [1.807, 2.05) is 52.3 Å². The fourth-order valence-corrected chi connectivity index (χ4v) is 4.93. The van der Waals surface area contributed by atoms with Crippen LogP contribution in [0.2, 0.25) is 0 Å². The normalized spacial score (nSPS) is 18.8. The van der Waals surface area contributed by atoms with Gasteiger partial charge in [0.05, 0.1) is 25.8 Å². The Morgan fingerprint density at radius 2 is 1.61 bits per heavy atom. The molecule has 0 spiro atoms. The van der Waals surface area contributed by atoms with Crippen molar-refractivity contribution in [1.82, 2.24) is 9.80 Å². The van der Waals surface area contributed by atoms with Crippen molar-refractivity contribution in [2.45, 2.75) is 32.2 Å². The first-order valence-electron chi connectivity index (χ1n) is 11.7. The molecule has 0 aromatic heterocycles. The molecule has 2 amide bonds. The third-order valence-electron chi connectivity index (χ3n) is 6.70. The van der Waals surface area contributed by atoms with Gasteiger partial charge in [0.15, 0.2) is 0 Å². The maximum atomic E-state index is 13.7. The van der Waals surface area contributed by atoms with Crippen LogP contribution >= 0.6 is 0 Å². The van der Waals surface area contributed by atoms with Crippen LogP contribution in [0.25, 0.3) is 0 Å².